The van der Waals surface area contributed by atoms with Crippen molar-refractivity contribution in [3.8, 4) is 0 Å². The summed E-state index contributed by atoms with van der Waals surface area (Å²) in [5.41, 5.74) is 0. The van der Waals surface area contributed by atoms with Crippen LogP contribution in [0.5, 0.6) is 0 Å². The van der Waals surface area contributed by atoms with Crippen molar-refractivity contribution >= 4 is 7.82 Å². The first kappa shape index (κ1) is 32.8. The number of hydrogen-bond donors (Lipinski definition) is 0. The van der Waals surface area contributed by atoms with E-state index in [1.165, 1.54) is 0 Å². The summed E-state index contributed by atoms with van der Waals surface area (Å²) in [6, 6.07) is 0. The average molecular weight is 396 g/mol. The van der Waals surface area contributed by atoms with Crippen LogP contribution in [0.2, 0.25) is 0 Å². The highest BCUT2D eigenvalue weighted by molar-refractivity contribution is 7.40. The molecule has 0 rings (SSSR count). The molecule has 0 bridgehead atoms. The molecule has 0 N–H and O–H groups in total. The van der Waals surface area contributed by atoms with Crippen molar-refractivity contribution < 1.29 is 32.7 Å². The Morgan fingerprint density at radius 2 is 0.731 bits per heavy atom. The van der Waals surface area contributed by atoms with E-state index in [2.05, 4.69) is 83.2 Å². The molecule has 158 valence electrons. The van der Waals surface area contributed by atoms with Crippen molar-refractivity contribution in [2.45, 2.75) is 0 Å². The van der Waals surface area contributed by atoms with E-state index in [1.54, 1.807) is 0 Å². The Kier molecular flexibility index (Phi) is 19.3. The Morgan fingerprint density at radius 1 is 0.615 bits per heavy atom. The molecule has 0 aliphatic rings. The monoisotopic (exact) mass is 395 g/mol. The number of rotatable bonds is 6. The van der Waals surface area contributed by atoms with E-state index in [0.717, 1.165) is 33.1 Å². The molecule has 0 aliphatic heterocycles. The number of likely N-dealkylation sites (N-methyl/N-ethyl adjacent to an activating group) is 3. The van der Waals surface area contributed by atoms with E-state index in [0.29, 0.717) is 0 Å². The van der Waals surface area contributed by atoms with Crippen molar-refractivity contribution in [1.29, 1.82) is 0 Å². The lowest BCUT2D eigenvalue weighted by molar-refractivity contribution is -0.864. The zero-order valence-corrected chi connectivity index (χ0v) is 19.3. The molecular weight excluding hydrogens is 353 g/mol. The lowest BCUT2D eigenvalue weighted by Gasteiger charge is -2.36. The maximum atomic E-state index is 8.55. The quantitative estimate of drug-likeness (QED) is 0.354. The first-order valence-electron chi connectivity index (χ1n) is 8.15. The van der Waals surface area contributed by atoms with Crippen LogP contribution >= 0.6 is 7.82 Å². The Balaban J connectivity index is -0.000000125. The molecule has 26 heavy (non-hydrogen) atoms. The second kappa shape index (κ2) is 15.3. The minimum absolute atomic E-state index is 0.976. The van der Waals surface area contributed by atoms with E-state index in [9.17, 15) is 0 Å². The first-order valence-corrected chi connectivity index (χ1v) is 9.61. The van der Waals surface area contributed by atoms with Crippen molar-refractivity contribution in [2.24, 2.45) is 0 Å². The minimum atomic E-state index is -5.39. The fourth-order valence-corrected chi connectivity index (χ4v) is 1.16. The van der Waals surface area contributed by atoms with Crippen LogP contribution in [-0.2, 0) is 4.57 Å². The molecule has 0 aromatic carbocycles. The molecule has 0 radical (unpaired) electrons. The van der Waals surface area contributed by atoms with Crippen molar-refractivity contribution in [3.05, 3.63) is 38.0 Å². The van der Waals surface area contributed by atoms with Gasteiger partial charge < -0.3 is 32.7 Å². The Bertz CT molecular complexity index is 358. The Morgan fingerprint density at radius 3 is 0.731 bits per heavy atom. The smallest absolute Gasteiger partial charge is 0.0964 e. The molecule has 0 unspecified atom stereocenters. The fourth-order valence-electron chi connectivity index (χ4n) is 1.16. The van der Waals surface area contributed by atoms with Crippen molar-refractivity contribution in [2.75, 3.05) is 83.1 Å². The van der Waals surface area contributed by atoms with Crippen LogP contribution in [0.3, 0.4) is 0 Å². The van der Waals surface area contributed by atoms with Gasteiger partial charge in [0, 0.05) is 0 Å². The van der Waals surface area contributed by atoms with Gasteiger partial charge in [0.1, 0.15) is 0 Å². The third kappa shape index (κ3) is 91.1. The predicted octanol–water partition coefficient (Wildman–Crippen LogP) is -0.189. The maximum Gasteiger partial charge on any atom is 0.0964 e. The van der Waals surface area contributed by atoms with Gasteiger partial charge >= 0.3 is 0 Å². The molecule has 8 heteroatoms. The van der Waals surface area contributed by atoms with Gasteiger partial charge in [-0.15, -0.1) is 0 Å². The summed E-state index contributed by atoms with van der Waals surface area (Å²) < 4.78 is 11.5. The lowest BCUT2D eigenvalue weighted by Crippen LogP contribution is -2.33. The number of phosphoric acid groups is 1. The molecule has 0 aliphatic carbocycles. The summed E-state index contributed by atoms with van der Waals surface area (Å²) in [7, 11) is 13.9. The third-order valence-electron chi connectivity index (χ3n) is 2.03. The lowest BCUT2D eigenvalue weighted by atomic mass is 10.5. The molecule has 0 aromatic heterocycles. The summed E-state index contributed by atoms with van der Waals surface area (Å²) in [5, 5.41) is 0. The van der Waals surface area contributed by atoms with Crippen LogP contribution < -0.4 is 14.7 Å². The summed E-state index contributed by atoms with van der Waals surface area (Å²) >= 11 is 0. The SMILES string of the molecule is C=CC[N+](C)(C)C.C=CC[N+](C)(C)C.C=CC[N+](C)(C)C.O=P([O-])([O-])[O-]. The zero-order chi connectivity index (χ0) is 22.2. The van der Waals surface area contributed by atoms with Gasteiger partial charge in [0.15, 0.2) is 0 Å². The van der Waals surface area contributed by atoms with Gasteiger partial charge in [0.25, 0.3) is 0 Å². The van der Waals surface area contributed by atoms with Crippen LogP contribution in [0.25, 0.3) is 0 Å². The highest BCUT2D eigenvalue weighted by Crippen LogP contribution is 2.03. The van der Waals surface area contributed by atoms with Crippen LogP contribution in [0, 0.1) is 0 Å². The van der Waals surface area contributed by atoms with Gasteiger partial charge in [0.2, 0.25) is 0 Å². The maximum absolute atomic E-state index is 8.55. The van der Waals surface area contributed by atoms with Gasteiger partial charge in [-0.1, -0.05) is 19.7 Å². The molecule has 0 heterocycles. The highest BCUT2D eigenvalue weighted by atomic mass is 31.2. The van der Waals surface area contributed by atoms with E-state index >= 15 is 0 Å². The van der Waals surface area contributed by atoms with E-state index in [-0.39, 0.29) is 0 Å². The molecule has 0 amide bonds. The van der Waals surface area contributed by atoms with Gasteiger partial charge in [0.05, 0.1) is 83.1 Å². The Labute approximate surface area is 162 Å². The highest BCUT2D eigenvalue weighted by Gasteiger charge is 2.00. The molecule has 0 aromatic rings. The molecule has 0 atom stereocenters. The average Bonchev–Trinajstić information content (AvgIpc) is 2.22. The third-order valence-corrected chi connectivity index (χ3v) is 2.03. The number of hydrogen-bond acceptors (Lipinski definition) is 4. The van der Waals surface area contributed by atoms with Crippen molar-refractivity contribution in [3.63, 3.8) is 0 Å². The first-order chi connectivity index (χ1) is 11.2. The van der Waals surface area contributed by atoms with Crippen LogP contribution in [0.4, 0.5) is 0 Å². The van der Waals surface area contributed by atoms with E-state index in [4.69, 9.17) is 19.2 Å². The van der Waals surface area contributed by atoms with Gasteiger partial charge in [-0.25, -0.2) is 0 Å². The summed E-state index contributed by atoms with van der Waals surface area (Å²) in [4.78, 5) is 25.6. The second-order valence-electron chi connectivity index (χ2n) is 8.73. The minimum Gasteiger partial charge on any atom is -0.822 e. The summed E-state index contributed by atoms with van der Waals surface area (Å²) in [5.74, 6) is 0. The van der Waals surface area contributed by atoms with Gasteiger partial charge in [-0.2, -0.15) is 7.82 Å². The molecule has 0 spiro atoms. The van der Waals surface area contributed by atoms with Crippen LogP contribution in [-0.4, -0.2) is 96.5 Å². The standard InChI is InChI=1S/3C6H14N.H3O4P/c3*1-5-6-7(2,3)4;1-5(2,3)4/h3*5H,1,6H2,2-4H3;(H3,1,2,3,4)/q3*+1;/p-3. The topological polar surface area (TPSA) is 86.2 Å². The van der Waals surface area contributed by atoms with Crippen molar-refractivity contribution in [1.82, 2.24) is 0 Å². The van der Waals surface area contributed by atoms with Crippen LogP contribution in [0.15, 0.2) is 38.0 Å². The molecule has 7 nitrogen and oxygen atoms in total. The number of nitrogens with zero attached hydrogens (tertiary/aromatic N) is 3. The predicted molar refractivity (Wildman–Crippen MR) is 107 cm³/mol. The van der Waals surface area contributed by atoms with Gasteiger partial charge in [-0.3, -0.25) is 0 Å². The molecular formula is C18H42N3O4P. The zero-order valence-electron chi connectivity index (χ0n) is 18.4. The fraction of sp³-hybridized carbons (Fsp3) is 0.667. The van der Waals surface area contributed by atoms with Crippen LogP contribution in [0.1, 0.15) is 0 Å². The molecule has 0 saturated heterocycles. The Hall–Kier alpha value is -0.790. The normalized spacial score (nSPS) is 11.4. The summed E-state index contributed by atoms with van der Waals surface area (Å²) in [6.45, 7) is 14.0. The largest absolute Gasteiger partial charge is 0.822 e. The molecule has 0 saturated carbocycles. The van der Waals surface area contributed by atoms with Gasteiger partial charge in [-0.05, 0) is 18.2 Å². The number of quaternary nitrogens is 3. The van der Waals surface area contributed by atoms with E-state index in [1.807, 2.05) is 18.2 Å². The summed E-state index contributed by atoms with van der Waals surface area (Å²) in [6.07, 6.45) is 5.79. The second-order valence-corrected chi connectivity index (χ2v) is 9.63. The molecule has 0 fully saturated rings. The van der Waals surface area contributed by atoms with E-state index < -0.39 is 7.82 Å².